The zero-order chi connectivity index (χ0) is 20.4. The van der Waals surface area contributed by atoms with Crippen LogP contribution < -0.4 is 14.8 Å². The van der Waals surface area contributed by atoms with Crippen LogP contribution in [0.2, 0.25) is 5.02 Å². The van der Waals surface area contributed by atoms with Crippen LogP contribution in [0.4, 0.5) is 20.3 Å². The second-order valence-electron chi connectivity index (χ2n) is 5.87. The molecule has 1 unspecified atom stereocenters. The maximum absolute atomic E-state index is 13.0. The molecule has 3 rings (SSSR count). The molecule has 0 saturated heterocycles. The van der Waals surface area contributed by atoms with Gasteiger partial charge in [-0.3, -0.25) is 9.23 Å². The van der Waals surface area contributed by atoms with Gasteiger partial charge >= 0.3 is 0 Å². The Hall–Kier alpha value is -2.43. The molecule has 1 aromatic heterocycles. The number of halogens is 3. The van der Waals surface area contributed by atoms with E-state index in [0.717, 1.165) is 8.99 Å². The molecule has 0 spiro atoms. The second kappa shape index (κ2) is 8.29. The highest BCUT2D eigenvalue weighted by molar-refractivity contribution is 7.80. The Morgan fingerprint density at radius 1 is 1.32 bits per heavy atom. The summed E-state index contributed by atoms with van der Waals surface area (Å²) in [6, 6.07) is 9.79. The molecular weight excluding hydrogens is 414 g/mol. The Morgan fingerprint density at radius 3 is 2.57 bits per heavy atom. The molecule has 1 heterocycles. The molecule has 1 atom stereocenters. The van der Waals surface area contributed by atoms with Crippen LogP contribution in [0.1, 0.15) is 5.56 Å². The predicted octanol–water partition coefficient (Wildman–Crippen LogP) is 3.69. The SMILES string of the molecule is COc1ccc(CN(c2nn(CC(F)F)c3c(N)ccc(Cl)c23)S(=O)O)cc1. The Labute approximate surface area is 167 Å². The first-order valence-corrected chi connectivity index (χ1v) is 9.50. The summed E-state index contributed by atoms with van der Waals surface area (Å²) in [5.41, 5.74) is 7.00. The fraction of sp³-hybridized carbons (Fsp3) is 0.235. The number of benzene rings is 2. The van der Waals surface area contributed by atoms with Gasteiger partial charge in [-0.2, -0.15) is 5.10 Å². The summed E-state index contributed by atoms with van der Waals surface area (Å²) in [5.74, 6) is 0.618. The molecule has 0 aliphatic heterocycles. The van der Waals surface area contributed by atoms with Gasteiger partial charge in [-0.05, 0) is 29.8 Å². The van der Waals surface area contributed by atoms with Crippen LogP contribution in [0.25, 0.3) is 10.9 Å². The van der Waals surface area contributed by atoms with Crippen LogP contribution in [0, 0.1) is 0 Å². The third kappa shape index (κ3) is 4.03. The number of nitrogens with two attached hydrogens (primary N) is 1. The quantitative estimate of drug-likeness (QED) is 0.440. The lowest BCUT2D eigenvalue weighted by atomic mass is 10.2. The molecule has 0 amide bonds. The van der Waals surface area contributed by atoms with E-state index < -0.39 is 24.2 Å². The largest absolute Gasteiger partial charge is 0.497 e. The number of hydrogen-bond donors (Lipinski definition) is 2. The second-order valence-corrected chi connectivity index (χ2v) is 7.18. The molecule has 7 nitrogen and oxygen atoms in total. The van der Waals surface area contributed by atoms with Crippen molar-refractivity contribution < 1.29 is 22.3 Å². The summed E-state index contributed by atoms with van der Waals surface area (Å²) < 4.78 is 55.0. The fourth-order valence-corrected chi connectivity index (χ4v) is 3.60. The fourth-order valence-electron chi connectivity index (χ4n) is 2.83. The Morgan fingerprint density at radius 2 is 2.00 bits per heavy atom. The van der Waals surface area contributed by atoms with Gasteiger partial charge in [0.05, 0.1) is 35.3 Å². The summed E-state index contributed by atoms with van der Waals surface area (Å²) in [6.45, 7) is -0.742. The maximum atomic E-state index is 13.0. The van der Waals surface area contributed by atoms with Crippen LogP contribution in [-0.4, -0.2) is 32.1 Å². The van der Waals surface area contributed by atoms with Gasteiger partial charge in [-0.15, -0.1) is 0 Å². The number of hydrogen-bond acceptors (Lipinski definition) is 4. The lowest BCUT2D eigenvalue weighted by Gasteiger charge is -2.18. The van der Waals surface area contributed by atoms with Crippen molar-refractivity contribution in [2.75, 3.05) is 17.1 Å². The zero-order valence-electron chi connectivity index (χ0n) is 14.7. The van der Waals surface area contributed by atoms with Crippen molar-refractivity contribution in [3.8, 4) is 5.75 Å². The first-order chi connectivity index (χ1) is 13.3. The predicted molar refractivity (Wildman–Crippen MR) is 105 cm³/mol. The van der Waals surface area contributed by atoms with Crippen molar-refractivity contribution in [3.63, 3.8) is 0 Å². The number of ether oxygens (including phenoxy) is 1. The highest BCUT2D eigenvalue weighted by Gasteiger charge is 2.25. The highest BCUT2D eigenvalue weighted by atomic mass is 35.5. The molecule has 150 valence electrons. The molecule has 0 aliphatic rings. The average Bonchev–Trinajstić information content (AvgIpc) is 3.02. The van der Waals surface area contributed by atoms with E-state index in [1.54, 1.807) is 24.3 Å². The van der Waals surface area contributed by atoms with E-state index in [1.807, 2.05) is 0 Å². The van der Waals surface area contributed by atoms with Crippen LogP contribution in [0.3, 0.4) is 0 Å². The van der Waals surface area contributed by atoms with Gasteiger partial charge in [0.2, 0.25) is 0 Å². The van der Waals surface area contributed by atoms with Gasteiger partial charge in [0.1, 0.15) is 12.3 Å². The van der Waals surface area contributed by atoms with Gasteiger partial charge in [0.15, 0.2) is 5.82 Å². The molecule has 0 fully saturated rings. The molecule has 0 saturated carbocycles. The summed E-state index contributed by atoms with van der Waals surface area (Å²) in [5, 5.41) is 4.54. The highest BCUT2D eigenvalue weighted by Crippen LogP contribution is 2.37. The van der Waals surface area contributed by atoms with E-state index in [4.69, 9.17) is 22.1 Å². The van der Waals surface area contributed by atoms with Crippen molar-refractivity contribution in [1.82, 2.24) is 9.78 Å². The number of alkyl halides is 2. The van der Waals surface area contributed by atoms with E-state index in [2.05, 4.69) is 5.10 Å². The van der Waals surface area contributed by atoms with Crippen molar-refractivity contribution in [3.05, 3.63) is 47.0 Å². The Bertz CT molecular complexity index is 1010. The van der Waals surface area contributed by atoms with Crippen molar-refractivity contribution in [1.29, 1.82) is 0 Å². The zero-order valence-corrected chi connectivity index (χ0v) is 16.3. The first kappa shape index (κ1) is 20.3. The lowest BCUT2D eigenvalue weighted by Crippen LogP contribution is -2.25. The molecule has 11 heteroatoms. The van der Waals surface area contributed by atoms with Crippen LogP contribution in [-0.2, 0) is 24.4 Å². The smallest absolute Gasteiger partial charge is 0.263 e. The molecule has 2 aromatic carbocycles. The normalized spacial score (nSPS) is 12.5. The molecule has 0 aliphatic carbocycles. The monoisotopic (exact) mass is 430 g/mol. The molecule has 3 N–H and O–H groups in total. The van der Waals surface area contributed by atoms with Crippen molar-refractivity contribution >= 4 is 45.3 Å². The van der Waals surface area contributed by atoms with Crippen molar-refractivity contribution in [2.45, 2.75) is 19.5 Å². The molecular formula is C17H17ClF2N4O3S. The average molecular weight is 431 g/mol. The number of fused-ring (bicyclic) bond motifs is 1. The number of nitrogen functional groups attached to an aromatic ring is 1. The Balaban J connectivity index is 2.12. The third-order valence-electron chi connectivity index (χ3n) is 4.08. The van der Waals surface area contributed by atoms with E-state index in [9.17, 15) is 17.5 Å². The number of anilines is 2. The maximum Gasteiger partial charge on any atom is 0.263 e. The third-order valence-corrected chi connectivity index (χ3v) is 5.07. The number of nitrogens with zero attached hydrogens (tertiary/aromatic N) is 3. The molecule has 0 radical (unpaired) electrons. The lowest BCUT2D eigenvalue weighted by molar-refractivity contribution is 0.123. The Kier molecular flexibility index (Phi) is 6.01. The van der Waals surface area contributed by atoms with Gasteiger partial charge in [0, 0.05) is 0 Å². The minimum absolute atomic E-state index is 0.00963. The van der Waals surface area contributed by atoms with Gasteiger partial charge in [0.25, 0.3) is 17.7 Å². The molecule has 28 heavy (non-hydrogen) atoms. The van der Waals surface area contributed by atoms with E-state index in [-0.39, 0.29) is 34.0 Å². The van der Waals surface area contributed by atoms with Gasteiger partial charge in [-0.25, -0.2) is 17.3 Å². The number of methoxy groups -OCH3 is 1. The summed E-state index contributed by atoms with van der Waals surface area (Å²) in [7, 11) is 1.53. The minimum Gasteiger partial charge on any atom is -0.497 e. The standard InChI is InChI=1S/C17H17ClF2N4O3S/c1-27-11-4-2-10(3-5-11)8-24(28(25)26)17-15-12(18)6-7-13(21)16(15)23(22-17)9-14(19)20/h2-7,14H,8-9,21H2,1H3,(H,25,26). The molecule has 0 bridgehead atoms. The van der Waals surface area contributed by atoms with E-state index in [1.165, 1.54) is 19.2 Å². The van der Waals surface area contributed by atoms with Crippen LogP contribution in [0.15, 0.2) is 36.4 Å². The minimum atomic E-state index is -2.69. The van der Waals surface area contributed by atoms with Crippen LogP contribution >= 0.6 is 11.6 Å². The van der Waals surface area contributed by atoms with Crippen molar-refractivity contribution in [2.24, 2.45) is 0 Å². The summed E-state index contributed by atoms with van der Waals surface area (Å²) in [6.07, 6.45) is -2.69. The molecule has 3 aromatic rings. The number of rotatable bonds is 7. The van der Waals surface area contributed by atoms with Crippen LogP contribution in [0.5, 0.6) is 5.75 Å². The van der Waals surface area contributed by atoms with E-state index >= 15 is 0 Å². The summed E-state index contributed by atoms with van der Waals surface area (Å²) >= 11 is 3.76. The summed E-state index contributed by atoms with van der Waals surface area (Å²) in [4.78, 5) is 0. The van der Waals surface area contributed by atoms with E-state index in [0.29, 0.717) is 11.3 Å². The first-order valence-electron chi connectivity index (χ1n) is 8.06. The topological polar surface area (TPSA) is 93.6 Å². The number of aromatic nitrogens is 2. The van der Waals surface area contributed by atoms with Gasteiger partial charge in [-0.1, -0.05) is 23.7 Å². The van der Waals surface area contributed by atoms with Gasteiger partial charge < -0.3 is 10.5 Å².